The lowest BCUT2D eigenvalue weighted by Gasteiger charge is -2.33. The van der Waals surface area contributed by atoms with Crippen molar-refractivity contribution >= 4 is 40.6 Å². The standard InChI is InChI=1S/C19H22N2O4S2/c1-11-15(18(23)25-10-9-24-3)16(13-5-7-14(26-4)8-6-13)21-17(22)12(2)27-19(21)20-11/h5-8,12,16H,9-10H2,1-4H3/t12-,16-/m1/s1. The fraction of sp³-hybridized carbons (Fsp3) is 0.421. The Kier molecular flexibility index (Phi) is 6.29. The van der Waals surface area contributed by atoms with E-state index >= 15 is 0 Å². The van der Waals surface area contributed by atoms with Crippen LogP contribution in [-0.2, 0) is 19.1 Å². The first-order valence-electron chi connectivity index (χ1n) is 8.57. The zero-order valence-corrected chi connectivity index (χ0v) is 17.4. The molecule has 2 atom stereocenters. The van der Waals surface area contributed by atoms with Gasteiger partial charge in [0.05, 0.1) is 29.2 Å². The van der Waals surface area contributed by atoms with Gasteiger partial charge in [-0.05, 0) is 37.8 Å². The van der Waals surface area contributed by atoms with Crippen LogP contribution in [0, 0.1) is 0 Å². The molecule has 1 saturated heterocycles. The highest BCUT2D eigenvalue weighted by atomic mass is 32.2. The number of hydrogen-bond donors (Lipinski definition) is 0. The highest BCUT2D eigenvalue weighted by Crippen LogP contribution is 2.43. The van der Waals surface area contributed by atoms with Gasteiger partial charge in [0.25, 0.3) is 0 Å². The normalized spacial score (nSPS) is 22.0. The third-order valence-electron chi connectivity index (χ3n) is 4.43. The molecule has 1 amide bonds. The maximum Gasteiger partial charge on any atom is 0.338 e. The average molecular weight is 407 g/mol. The number of carbonyl (C=O) groups excluding carboxylic acids is 2. The molecular formula is C19H22N2O4S2. The van der Waals surface area contributed by atoms with E-state index in [1.54, 1.807) is 30.7 Å². The Morgan fingerprint density at radius 3 is 2.63 bits per heavy atom. The van der Waals surface area contributed by atoms with E-state index in [-0.39, 0.29) is 17.8 Å². The van der Waals surface area contributed by atoms with Crippen molar-refractivity contribution < 1.29 is 19.1 Å². The molecule has 0 spiro atoms. The Morgan fingerprint density at radius 1 is 1.30 bits per heavy atom. The molecular weight excluding hydrogens is 384 g/mol. The number of fused-ring (bicyclic) bond motifs is 1. The van der Waals surface area contributed by atoms with Gasteiger partial charge in [-0.2, -0.15) is 0 Å². The van der Waals surface area contributed by atoms with E-state index in [9.17, 15) is 9.59 Å². The molecule has 8 heteroatoms. The largest absolute Gasteiger partial charge is 0.460 e. The molecule has 0 saturated carbocycles. The minimum Gasteiger partial charge on any atom is -0.460 e. The number of methoxy groups -OCH3 is 1. The van der Waals surface area contributed by atoms with Gasteiger partial charge in [-0.3, -0.25) is 9.69 Å². The van der Waals surface area contributed by atoms with E-state index in [2.05, 4.69) is 4.99 Å². The lowest BCUT2D eigenvalue weighted by Crippen LogP contribution is -2.40. The molecule has 3 rings (SSSR count). The summed E-state index contributed by atoms with van der Waals surface area (Å²) in [6.07, 6.45) is 2.01. The van der Waals surface area contributed by atoms with Gasteiger partial charge in [-0.25, -0.2) is 9.79 Å². The first kappa shape index (κ1) is 20.0. The number of benzene rings is 1. The Hall–Kier alpha value is -1.77. The van der Waals surface area contributed by atoms with Crippen molar-refractivity contribution in [2.24, 2.45) is 4.99 Å². The molecule has 27 heavy (non-hydrogen) atoms. The van der Waals surface area contributed by atoms with E-state index in [0.29, 0.717) is 23.0 Å². The van der Waals surface area contributed by atoms with Crippen LogP contribution in [0.2, 0.25) is 0 Å². The average Bonchev–Trinajstić information content (AvgIpc) is 2.94. The van der Waals surface area contributed by atoms with Crippen molar-refractivity contribution in [1.82, 2.24) is 4.90 Å². The van der Waals surface area contributed by atoms with Crippen LogP contribution < -0.4 is 0 Å². The molecule has 2 heterocycles. The van der Waals surface area contributed by atoms with Gasteiger partial charge < -0.3 is 9.47 Å². The molecule has 1 aromatic carbocycles. The van der Waals surface area contributed by atoms with Gasteiger partial charge in [0.15, 0.2) is 5.17 Å². The molecule has 144 valence electrons. The minimum atomic E-state index is -0.534. The van der Waals surface area contributed by atoms with Crippen molar-refractivity contribution in [3.63, 3.8) is 0 Å². The van der Waals surface area contributed by atoms with Gasteiger partial charge >= 0.3 is 5.97 Å². The predicted molar refractivity (Wildman–Crippen MR) is 108 cm³/mol. The Bertz CT molecular complexity index is 804. The molecule has 2 aliphatic rings. The zero-order valence-electron chi connectivity index (χ0n) is 15.7. The third-order valence-corrected chi connectivity index (χ3v) is 6.23. The molecule has 2 aliphatic heterocycles. The van der Waals surface area contributed by atoms with Crippen LogP contribution in [0.15, 0.2) is 45.4 Å². The summed E-state index contributed by atoms with van der Waals surface area (Å²) in [5.74, 6) is -0.518. The fourth-order valence-corrected chi connectivity index (χ4v) is 4.50. The summed E-state index contributed by atoms with van der Waals surface area (Å²) in [5.41, 5.74) is 1.84. The van der Waals surface area contributed by atoms with Crippen LogP contribution in [0.25, 0.3) is 0 Å². The number of thioether (sulfide) groups is 2. The van der Waals surface area contributed by atoms with Crippen LogP contribution in [0.1, 0.15) is 25.5 Å². The number of hydrogen-bond acceptors (Lipinski definition) is 7. The van der Waals surface area contributed by atoms with Crippen molar-refractivity contribution in [1.29, 1.82) is 0 Å². The second kappa shape index (κ2) is 8.50. The van der Waals surface area contributed by atoms with Crippen LogP contribution in [-0.4, -0.2) is 53.8 Å². The zero-order chi connectivity index (χ0) is 19.6. The van der Waals surface area contributed by atoms with E-state index < -0.39 is 12.0 Å². The summed E-state index contributed by atoms with van der Waals surface area (Å²) >= 11 is 3.06. The summed E-state index contributed by atoms with van der Waals surface area (Å²) < 4.78 is 10.3. The van der Waals surface area contributed by atoms with Gasteiger partial charge in [-0.15, -0.1) is 11.8 Å². The second-order valence-electron chi connectivity index (χ2n) is 6.17. The number of carbonyl (C=O) groups is 2. The van der Waals surface area contributed by atoms with Gasteiger partial charge in [0.1, 0.15) is 6.61 Å². The molecule has 1 aromatic rings. The summed E-state index contributed by atoms with van der Waals surface area (Å²) in [4.78, 5) is 32.9. The van der Waals surface area contributed by atoms with Gasteiger partial charge in [-0.1, -0.05) is 23.9 Å². The summed E-state index contributed by atoms with van der Waals surface area (Å²) in [7, 11) is 1.55. The van der Waals surface area contributed by atoms with Crippen molar-refractivity contribution in [2.75, 3.05) is 26.6 Å². The lowest BCUT2D eigenvalue weighted by molar-refractivity contribution is -0.141. The topological polar surface area (TPSA) is 68.2 Å². The van der Waals surface area contributed by atoms with Crippen molar-refractivity contribution in [3.05, 3.63) is 41.1 Å². The summed E-state index contributed by atoms with van der Waals surface area (Å²) in [6, 6.07) is 7.36. The van der Waals surface area contributed by atoms with Gasteiger partial charge in [0, 0.05) is 12.0 Å². The number of amides is 1. The van der Waals surface area contributed by atoms with Crippen molar-refractivity contribution in [2.45, 2.75) is 30.0 Å². The number of allylic oxidation sites excluding steroid dienone is 1. The molecule has 0 aliphatic carbocycles. The summed E-state index contributed by atoms with van der Waals surface area (Å²) in [6.45, 7) is 4.11. The smallest absolute Gasteiger partial charge is 0.338 e. The predicted octanol–water partition coefficient (Wildman–Crippen LogP) is 3.25. The molecule has 1 fully saturated rings. The Morgan fingerprint density at radius 2 is 2.00 bits per heavy atom. The Balaban J connectivity index is 2.03. The van der Waals surface area contributed by atoms with Crippen LogP contribution >= 0.6 is 23.5 Å². The fourth-order valence-electron chi connectivity index (χ4n) is 3.06. The van der Waals surface area contributed by atoms with E-state index in [0.717, 1.165) is 10.5 Å². The highest BCUT2D eigenvalue weighted by Gasteiger charge is 2.46. The molecule has 0 radical (unpaired) electrons. The van der Waals surface area contributed by atoms with Crippen molar-refractivity contribution in [3.8, 4) is 0 Å². The van der Waals surface area contributed by atoms with Crippen LogP contribution in [0.5, 0.6) is 0 Å². The number of aliphatic imine (C=N–C) groups is 1. The number of nitrogens with zero attached hydrogens (tertiary/aromatic N) is 2. The molecule has 0 N–H and O–H groups in total. The minimum absolute atomic E-state index is 0.0487. The molecule has 0 aromatic heterocycles. The van der Waals surface area contributed by atoms with E-state index in [4.69, 9.17) is 9.47 Å². The van der Waals surface area contributed by atoms with E-state index in [1.807, 2.05) is 37.4 Å². The highest BCUT2D eigenvalue weighted by molar-refractivity contribution is 8.15. The quantitative estimate of drug-likeness (QED) is 0.410. The maximum absolute atomic E-state index is 12.8. The first-order valence-corrected chi connectivity index (χ1v) is 10.7. The molecule has 0 unspecified atom stereocenters. The lowest BCUT2D eigenvalue weighted by atomic mass is 9.94. The molecule has 0 bridgehead atoms. The van der Waals surface area contributed by atoms with Crippen LogP contribution in [0.4, 0.5) is 0 Å². The number of esters is 1. The second-order valence-corrected chi connectivity index (χ2v) is 8.35. The number of amidine groups is 1. The SMILES string of the molecule is COCCOC(=O)C1=C(C)N=C2S[C@H](C)C(=O)N2[C@@H]1c1ccc(SC)cc1. The number of ether oxygens (including phenoxy) is 2. The third kappa shape index (κ3) is 3.93. The Labute approximate surface area is 167 Å². The first-order chi connectivity index (χ1) is 13.0. The van der Waals surface area contributed by atoms with Crippen LogP contribution in [0.3, 0.4) is 0 Å². The number of rotatable bonds is 6. The molecule has 6 nitrogen and oxygen atoms in total. The van der Waals surface area contributed by atoms with Gasteiger partial charge in [0.2, 0.25) is 5.91 Å². The van der Waals surface area contributed by atoms with E-state index in [1.165, 1.54) is 11.8 Å². The maximum atomic E-state index is 12.8. The summed E-state index contributed by atoms with van der Waals surface area (Å²) in [5, 5.41) is 0.408. The monoisotopic (exact) mass is 406 g/mol.